The average Bonchev–Trinajstić information content (AvgIpc) is 2.59. The van der Waals surface area contributed by atoms with Gasteiger partial charge in [0, 0.05) is 32.2 Å². The van der Waals surface area contributed by atoms with E-state index in [2.05, 4.69) is 10.2 Å². The molecule has 8 nitrogen and oxygen atoms in total. The van der Waals surface area contributed by atoms with Gasteiger partial charge in [0.2, 0.25) is 5.91 Å². The van der Waals surface area contributed by atoms with Crippen molar-refractivity contribution < 1.29 is 19.1 Å². The van der Waals surface area contributed by atoms with Gasteiger partial charge in [0.15, 0.2) is 0 Å². The Labute approximate surface area is 146 Å². The molecule has 25 heavy (non-hydrogen) atoms. The third-order valence-corrected chi connectivity index (χ3v) is 3.88. The maximum Gasteiger partial charge on any atom is 0.323 e. The lowest BCUT2D eigenvalue weighted by Gasteiger charge is -2.26. The smallest absolute Gasteiger partial charge is 0.323 e. The molecule has 0 unspecified atom stereocenters. The van der Waals surface area contributed by atoms with Crippen molar-refractivity contribution in [1.29, 1.82) is 0 Å². The molecule has 1 aliphatic heterocycles. The van der Waals surface area contributed by atoms with Crippen LogP contribution in [0.1, 0.15) is 13.3 Å². The largest absolute Gasteiger partial charge is 0.399 e. The van der Waals surface area contributed by atoms with Crippen LogP contribution >= 0.6 is 0 Å². The molecule has 136 valence electrons. The molecule has 3 N–H and O–H groups in total. The third-order valence-electron chi connectivity index (χ3n) is 3.88. The van der Waals surface area contributed by atoms with Crippen molar-refractivity contribution in [3.8, 4) is 0 Å². The number of imide groups is 1. The lowest BCUT2D eigenvalue weighted by Crippen LogP contribution is -2.46. The molecule has 0 spiro atoms. The molecule has 0 aliphatic carbocycles. The Hall–Kier alpha value is -2.45. The molecule has 1 heterocycles. The van der Waals surface area contributed by atoms with E-state index >= 15 is 0 Å². The van der Waals surface area contributed by atoms with E-state index in [4.69, 9.17) is 10.5 Å². The van der Waals surface area contributed by atoms with Crippen LogP contribution in [-0.4, -0.2) is 62.0 Å². The molecule has 0 radical (unpaired) electrons. The van der Waals surface area contributed by atoms with Crippen molar-refractivity contribution in [3.63, 3.8) is 0 Å². The van der Waals surface area contributed by atoms with Gasteiger partial charge in [0.25, 0.3) is 0 Å². The summed E-state index contributed by atoms with van der Waals surface area (Å²) in [6.45, 7) is 5.61. The zero-order valence-corrected chi connectivity index (χ0v) is 14.4. The van der Waals surface area contributed by atoms with Gasteiger partial charge in [0.05, 0.1) is 18.9 Å². The summed E-state index contributed by atoms with van der Waals surface area (Å²) in [4.78, 5) is 39.3. The van der Waals surface area contributed by atoms with Gasteiger partial charge in [-0.05, 0) is 31.2 Å². The summed E-state index contributed by atoms with van der Waals surface area (Å²) in [5.41, 5.74) is 6.36. The fourth-order valence-corrected chi connectivity index (χ4v) is 2.61. The number of nitrogens with two attached hydrogens (primary N) is 1. The van der Waals surface area contributed by atoms with Crippen molar-refractivity contribution >= 4 is 29.1 Å². The third kappa shape index (κ3) is 5.54. The summed E-state index contributed by atoms with van der Waals surface area (Å²) < 4.78 is 5.27. The van der Waals surface area contributed by atoms with Crippen molar-refractivity contribution in [1.82, 2.24) is 10.2 Å². The molecule has 0 atom stereocenters. The Bertz CT molecular complexity index is 629. The van der Waals surface area contributed by atoms with Crippen LogP contribution < -0.4 is 16.0 Å². The van der Waals surface area contributed by atoms with Gasteiger partial charge < -0.3 is 15.8 Å². The summed E-state index contributed by atoms with van der Waals surface area (Å²) >= 11 is 0. The van der Waals surface area contributed by atoms with E-state index in [1.165, 1.54) is 13.0 Å². The maximum absolute atomic E-state index is 12.3. The standard InChI is InChI=1S/C17H24N4O4/c1-13(22)21(15-5-2-4-14(18)12-15)17(24)16(23)19-6-3-7-20-8-10-25-11-9-20/h2,4-5,12H,3,6-11,18H2,1H3,(H,19,23). The number of amides is 3. The van der Waals surface area contributed by atoms with E-state index in [1.807, 2.05) is 0 Å². The molecule has 1 saturated heterocycles. The molecule has 8 heteroatoms. The second-order valence-corrected chi connectivity index (χ2v) is 5.82. The zero-order valence-electron chi connectivity index (χ0n) is 14.4. The topological polar surface area (TPSA) is 105 Å². The van der Waals surface area contributed by atoms with Gasteiger partial charge >= 0.3 is 11.8 Å². The van der Waals surface area contributed by atoms with E-state index in [0.29, 0.717) is 12.2 Å². The molecular weight excluding hydrogens is 324 g/mol. The number of carbonyl (C=O) groups excluding carboxylic acids is 3. The number of benzene rings is 1. The second-order valence-electron chi connectivity index (χ2n) is 5.82. The van der Waals surface area contributed by atoms with Gasteiger partial charge in [-0.1, -0.05) is 6.07 Å². The second kappa shape index (κ2) is 9.14. The van der Waals surface area contributed by atoms with Crippen LogP contribution in [0.2, 0.25) is 0 Å². The number of nitrogens with zero attached hydrogens (tertiary/aromatic N) is 2. The van der Waals surface area contributed by atoms with Gasteiger partial charge in [-0.3, -0.25) is 19.3 Å². The number of hydrogen-bond donors (Lipinski definition) is 2. The Kier molecular flexibility index (Phi) is 6.91. The lowest BCUT2D eigenvalue weighted by molar-refractivity contribution is -0.139. The zero-order chi connectivity index (χ0) is 18.2. The molecule has 1 fully saturated rings. The Morgan fingerprint density at radius 2 is 2.00 bits per heavy atom. The number of nitrogens with one attached hydrogen (secondary N) is 1. The Morgan fingerprint density at radius 1 is 1.28 bits per heavy atom. The molecule has 3 amide bonds. The molecule has 0 aromatic heterocycles. The van der Waals surface area contributed by atoms with Crippen molar-refractivity contribution in [3.05, 3.63) is 24.3 Å². The number of carbonyl (C=O) groups is 3. The number of nitrogen functional groups attached to an aromatic ring is 1. The number of ether oxygens (including phenoxy) is 1. The maximum atomic E-state index is 12.3. The summed E-state index contributed by atoms with van der Waals surface area (Å²) in [6, 6.07) is 6.29. The molecule has 1 aliphatic rings. The SMILES string of the molecule is CC(=O)N(C(=O)C(=O)NCCCN1CCOCC1)c1cccc(N)c1. The molecule has 1 aromatic carbocycles. The van der Waals surface area contributed by atoms with Crippen molar-refractivity contribution in [2.45, 2.75) is 13.3 Å². The predicted octanol–water partition coefficient (Wildman–Crippen LogP) is -0.0132. The van der Waals surface area contributed by atoms with Crippen molar-refractivity contribution in [2.24, 2.45) is 0 Å². The summed E-state index contributed by atoms with van der Waals surface area (Å²) in [5.74, 6) is -2.26. The molecule has 0 bridgehead atoms. The van der Waals surface area contributed by atoms with Crippen LogP contribution in [0.15, 0.2) is 24.3 Å². The Morgan fingerprint density at radius 3 is 2.64 bits per heavy atom. The highest BCUT2D eigenvalue weighted by molar-refractivity contribution is 6.45. The summed E-state index contributed by atoms with van der Waals surface area (Å²) in [6.07, 6.45) is 0.720. The van der Waals surface area contributed by atoms with Crippen LogP contribution in [0.25, 0.3) is 0 Å². The van der Waals surface area contributed by atoms with Gasteiger partial charge in [0.1, 0.15) is 0 Å². The highest BCUT2D eigenvalue weighted by atomic mass is 16.5. The van der Waals surface area contributed by atoms with E-state index in [9.17, 15) is 14.4 Å². The van der Waals surface area contributed by atoms with Gasteiger partial charge in [-0.2, -0.15) is 0 Å². The predicted molar refractivity (Wildman–Crippen MR) is 93.9 cm³/mol. The fraction of sp³-hybridized carbons (Fsp3) is 0.471. The minimum absolute atomic E-state index is 0.279. The van der Waals surface area contributed by atoms with Gasteiger partial charge in [-0.15, -0.1) is 0 Å². The van der Waals surface area contributed by atoms with Gasteiger partial charge in [-0.25, -0.2) is 4.90 Å². The molecule has 1 aromatic rings. The minimum Gasteiger partial charge on any atom is -0.399 e. The first-order valence-electron chi connectivity index (χ1n) is 8.27. The Balaban J connectivity index is 1.86. The normalized spacial score (nSPS) is 14.8. The fourth-order valence-electron chi connectivity index (χ4n) is 2.61. The van der Waals surface area contributed by atoms with Crippen LogP contribution in [0.5, 0.6) is 0 Å². The number of rotatable bonds is 5. The quantitative estimate of drug-likeness (QED) is 0.440. The van der Waals surface area contributed by atoms with E-state index in [1.54, 1.807) is 18.2 Å². The van der Waals surface area contributed by atoms with E-state index in [0.717, 1.165) is 44.2 Å². The lowest BCUT2D eigenvalue weighted by atomic mass is 10.2. The van der Waals surface area contributed by atoms with Crippen LogP contribution in [0.4, 0.5) is 11.4 Å². The molecule has 2 rings (SSSR count). The summed E-state index contributed by atoms with van der Waals surface area (Å²) in [5, 5.41) is 2.57. The minimum atomic E-state index is -0.913. The monoisotopic (exact) mass is 348 g/mol. The van der Waals surface area contributed by atoms with Crippen LogP contribution in [0, 0.1) is 0 Å². The highest BCUT2D eigenvalue weighted by Crippen LogP contribution is 2.18. The van der Waals surface area contributed by atoms with E-state index in [-0.39, 0.29) is 5.69 Å². The number of morpholine rings is 1. The van der Waals surface area contributed by atoms with E-state index < -0.39 is 17.7 Å². The number of hydrogen-bond acceptors (Lipinski definition) is 6. The van der Waals surface area contributed by atoms with Crippen LogP contribution in [0.3, 0.4) is 0 Å². The summed E-state index contributed by atoms with van der Waals surface area (Å²) in [7, 11) is 0. The first-order chi connectivity index (χ1) is 12.0. The van der Waals surface area contributed by atoms with Crippen LogP contribution in [-0.2, 0) is 19.1 Å². The first-order valence-corrected chi connectivity index (χ1v) is 8.27. The highest BCUT2D eigenvalue weighted by Gasteiger charge is 2.26. The van der Waals surface area contributed by atoms with Crippen molar-refractivity contribution in [2.75, 3.05) is 50.0 Å². The number of anilines is 2. The molecular formula is C17H24N4O4. The molecule has 0 saturated carbocycles. The first kappa shape index (κ1) is 18.9. The average molecular weight is 348 g/mol.